The molecule has 2 heteroatoms. The Hall–Kier alpha value is -3.39. The molecule has 0 radical (unpaired) electrons. The molecular weight excluding hydrogens is 368 g/mol. The van der Waals surface area contributed by atoms with E-state index in [1.807, 2.05) is 36.4 Å². The van der Waals surface area contributed by atoms with Crippen LogP contribution in [0.25, 0.3) is 24.3 Å². The Morgan fingerprint density at radius 1 is 0.667 bits per heavy atom. The van der Waals surface area contributed by atoms with E-state index in [4.69, 9.17) is 4.74 Å². The number of methoxy groups -OCH3 is 1. The Kier molecular flexibility index (Phi) is 6.68. The van der Waals surface area contributed by atoms with Gasteiger partial charge >= 0.3 is 0 Å². The lowest BCUT2D eigenvalue weighted by molar-refractivity contribution is 0.112. The predicted molar refractivity (Wildman–Crippen MR) is 128 cm³/mol. The van der Waals surface area contributed by atoms with E-state index in [2.05, 4.69) is 75.4 Å². The molecule has 0 heterocycles. The van der Waals surface area contributed by atoms with Crippen LogP contribution in [-0.2, 0) is 5.41 Å². The number of aldehydes is 1. The second kappa shape index (κ2) is 9.41. The third-order valence-electron chi connectivity index (χ3n) is 5.03. The smallest absolute Gasteiger partial charge is 0.150 e. The summed E-state index contributed by atoms with van der Waals surface area (Å²) >= 11 is 0. The molecule has 3 aromatic rings. The minimum Gasteiger partial charge on any atom is -0.496 e. The van der Waals surface area contributed by atoms with Crippen molar-refractivity contribution in [3.8, 4) is 5.75 Å². The van der Waals surface area contributed by atoms with Crippen molar-refractivity contribution < 1.29 is 9.53 Å². The van der Waals surface area contributed by atoms with Crippen LogP contribution in [0.3, 0.4) is 0 Å². The van der Waals surface area contributed by atoms with Gasteiger partial charge in [0.15, 0.2) is 0 Å². The van der Waals surface area contributed by atoms with E-state index in [0.29, 0.717) is 5.56 Å². The molecule has 0 aliphatic rings. The van der Waals surface area contributed by atoms with Gasteiger partial charge in [-0.15, -0.1) is 0 Å². The summed E-state index contributed by atoms with van der Waals surface area (Å²) in [6, 6.07) is 22.3. The molecule has 0 saturated carbocycles. The molecule has 0 saturated heterocycles. The molecule has 0 aliphatic heterocycles. The number of hydrogen-bond acceptors (Lipinski definition) is 2. The van der Waals surface area contributed by atoms with Gasteiger partial charge in [0.25, 0.3) is 0 Å². The molecular formula is C28H28O2. The van der Waals surface area contributed by atoms with Crippen molar-refractivity contribution in [1.29, 1.82) is 0 Å². The molecule has 0 atom stereocenters. The first kappa shape index (κ1) is 21.3. The lowest BCUT2D eigenvalue weighted by Crippen LogP contribution is -2.11. The molecule has 0 unspecified atom stereocenters. The van der Waals surface area contributed by atoms with Crippen LogP contribution in [0.15, 0.2) is 66.7 Å². The van der Waals surface area contributed by atoms with Gasteiger partial charge < -0.3 is 4.74 Å². The predicted octanol–water partition coefficient (Wildman–Crippen LogP) is 7.15. The lowest BCUT2D eigenvalue weighted by atomic mass is 9.86. The second-order valence-electron chi connectivity index (χ2n) is 8.32. The molecule has 2 nitrogen and oxygen atoms in total. The van der Waals surface area contributed by atoms with Crippen LogP contribution in [0.5, 0.6) is 5.75 Å². The summed E-state index contributed by atoms with van der Waals surface area (Å²) in [7, 11) is 1.71. The number of carbonyl (C=O) groups excluding carboxylic acids is 1. The molecule has 0 N–H and O–H groups in total. The molecule has 0 fully saturated rings. The highest BCUT2D eigenvalue weighted by molar-refractivity contribution is 5.77. The van der Waals surface area contributed by atoms with Gasteiger partial charge in [0.2, 0.25) is 0 Å². The summed E-state index contributed by atoms with van der Waals surface area (Å²) in [6.07, 6.45) is 9.18. The fourth-order valence-electron chi connectivity index (χ4n) is 3.11. The topological polar surface area (TPSA) is 26.3 Å². The number of carbonyl (C=O) groups is 1. The lowest BCUT2D eigenvalue weighted by Gasteiger charge is -2.20. The van der Waals surface area contributed by atoms with Crippen molar-refractivity contribution in [3.63, 3.8) is 0 Å². The highest BCUT2D eigenvalue weighted by Crippen LogP contribution is 2.29. The van der Waals surface area contributed by atoms with Crippen molar-refractivity contribution >= 4 is 30.6 Å². The SMILES string of the molecule is COc1ccc(C(C)(C)C)cc1C=Cc1ccc(C=Cc2ccc(C=O)cc2)cc1. The van der Waals surface area contributed by atoms with E-state index >= 15 is 0 Å². The first-order valence-corrected chi connectivity index (χ1v) is 10.1. The molecule has 30 heavy (non-hydrogen) atoms. The van der Waals surface area contributed by atoms with Gasteiger partial charge in [-0.2, -0.15) is 0 Å². The summed E-state index contributed by atoms with van der Waals surface area (Å²) in [6.45, 7) is 6.64. The van der Waals surface area contributed by atoms with Crippen LogP contribution in [0.2, 0.25) is 0 Å². The minimum atomic E-state index is 0.0937. The Morgan fingerprint density at radius 3 is 1.57 bits per heavy atom. The molecule has 0 amide bonds. The van der Waals surface area contributed by atoms with E-state index in [9.17, 15) is 4.79 Å². The van der Waals surface area contributed by atoms with Gasteiger partial charge in [0.05, 0.1) is 7.11 Å². The van der Waals surface area contributed by atoms with Crippen molar-refractivity contribution in [2.75, 3.05) is 7.11 Å². The number of hydrogen-bond donors (Lipinski definition) is 0. The van der Waals surface area contributed by atoms with Crippen LogP contribution in [0.4, 0.5) is 0 Å². The standard InChI is InChI=1S/C28H28O2/c1-28(2,3)26-17-18-27(30-4)25(19-26)16-15-23-9-7-21(8-10-23)5-6-22-11-13-24(20-29)14-12-22/h5-20H,1-4H3. The summed E-state index contributed by atoms with van der Waals surface area (Å²) in [5.74, 6) is 0.874. The first-order chi connectivity index (χ1) is 14.4. The van der Waals surface area contributed by atoms with Gasteiger partial charge in [0.1, 0.15) is 12.0 Å². The van der Waals surface area contributed by atoms with Crippen LogP contribution in [0.1, 0.15) is 58.9 Å². The van der Waals surface area contributed by atoms with E-state index in [1.54, 1.807) is 7.11 Å². The molecule has 0 spiro atoms. The van der Waals surface area contributed by atoms with E-state index < -0.39 is 0 Å². The second-order valence-corrected chi connectivity index (χ2v) is 8.32. The average molecular weight is 397 g/mol. The van der Waals surface area contributed by atoms with E-state index in [0.717, 1.165) is 34.3 Å². The molecule has 152 valence electrons. The van der Waals surface area contributed by atoms with Crippen molar-refractivity contribution in [1.82, 2.24) is 0 Å². The Labute approximate surface area is 179 Å². The largest absolute Gasteiger partial charge is 0.496 e. The van der Waals surface area contributed by atoms with Crippen LogP contribution < -0.4 is 4.74 Å². The Morgan fingerprint density at radius 2 is 1.13 bits per heavy atom. The number of ether oxygens (including phenoxy) is 1. The molecule has 0 bridgehead atoms. The van der Waals surface area contributed by atoms with E-state index in [1.165, 1.54) is 5.56 Å². The van der Waals surface area contributed by atoms with Crippen molar-refractivity contribution in [2.24, 2.45) is 0 Å². The van der Waals surface area contributed by atoms with Crippen LogP contribution in [-0.4, -0.2) is 13.4 Å². The summed E-state index contributed by atoms with van der Waals surface area (Å²) in [5, 5.41) is 0. The van der Waals surface area contributed by atoms with Gasteiger partial charge in [0, 0.05) is 11.1 Å². The summed E-state index contributed by atoms with van der Waals surface area (Å²) in [4.78, 5) is 10.7. The first-order valence-electron chi connectivity index (χ1n) is 10.1. The molecule has 0 aliphatic carbocycles. The normalized spacial score (nSPS) is 11.9. The Bertz CT molecular complexity index is 1050. The summed E-state index contributed by atoms with van der Waals surface area (Å²) in [5.41, 5.74) is 6.46. The van der Waals surface area contributed by atoms with Crippen molar-refractivity contribution in [3.05, 3.63) is 100 Å². The van der Waals surface area contributed by atoms with Gasteiger partial charge in [-0.25, -0.2) is 0 Å². The third-order valence-corrected chi connectivity index (χ3v) is 5.03. The van der Waals surface area contributed by atoms with Gasteiger partial charge in [-0.05, 0) is 39.8 Å². The molecule has 3 rings (SSSR count). The zero-order valence-electron chi connectivity index (χ0n) is 18.1. The highest BCUT2D eigenvalue weighted by atomic mass is 16.5. The van der Waals surface area contributed by atoms with Crippen LogP contribution >= 0.6 is 0 Å². The number of rotatable bonds is 6. The quantitative estimate of drug-likeness (QED) is 0.327. The zero-order chi connectivity index (χ0) is 21.6. The maximum atomic E-state index is 10.7. The minimum absolute atomic E-state index is 0.0937. The molecule has 3 aromatic carbocycles. The van der Waals surface area contributed by atoms with Gasteiger partial charge in [-0.1, -0.05) is 99.7 Å². The average Bonchev–Trinajstić information content (AvgIpc) is 2.76. The summed E-state index contributed by atoms with van der Waals surface area (Å²) < 4.78 is 5.53. The highest BCUT2D eigenvalue weighted by Gasteiger charge is 2.15. The molecule has 0 aromatic heterocycles. The zero-order valence-corrected chi connectivity index (χ0v) is 18.1. The number of benzene rings is 3. The van der Waals surface area contributed by atoms with Gasteiger partial charge in [-0.3, -0.25) is 4.79 Å². The monoisotopic (exact) mass is 396 g/mol. The Balaban J connectivity index is 1.74. The maximum absolute atomic E-state index is 10.7. The van der Waals surface area contributed by atoms with Crippen molar-refractivity contribution in [2.45, 2.75) is 26.2 Å². The fraction of sp³-hybridized carbons (Fsp3) is 0.179. The van der Waals surface area contributed by atoms with E-state index in [-0.39, 0.29) is 5.41 Å². The maximum Gasteiger partial charge on any atom is 0.150 e. The fourth-order valence-corrected chi connectivity index (χ4v) is 3.11. The van der Waals surface area contributed by atoms with Crippen LogP contribution in [0, 0.1) is 0 Å². The third kappa shape index (κ3) is 5.57.